The van der Waals surface area contributed by atoms with E-state index in [1.54, 1.807) is 48.5 Å². The van der Waals surface area contributed by atoms with E-state index >= 15 is 0 Å². The van der Waals surface area contributed by atoms with Crippen LogP contribution in [0, 0.1) is 0 Å². The van der Waals surface area contributed by atoms with E-state index in [4.69, 9.17) is 9.15 Å². The molecule has 8 heteroatoms. The molecule has 0 radical (unpaired) electrons. The van der Waals surface area contributed by atoms with Gasteiger partial charge in [0.2, 0.25) is 0 Å². The maximum atomic E-state index is 13.5. The van der Waals surface area contributed by atoms with Crippen LogP contribution in [0.2, 0.25) is 0 Å². The summed E-state index contributed by atoms with van der Waals surface area (Å²) in [7, 11) is 0. The minimum atomic E-state index is -0.936. The van der Waals surface area contributed by atoms with Crippen LogP contribution >= 0.6 is 0 Å². The summed E-state index contributed by atoms with van der Waals surface area (Å²) in [4.78, 5) is 40.3. The molecule has 0 spiro atoms. The van der Waals surface area contributed by atoms with Crippen LogP contribution in [0.3, 0.4) is 0 Å². The SMILES string of the molecule is O=C(Nc1cccc(C2OC(=O)N(Cc3ccccc3)C2C(=O)Nc2ccccc2)c1)c1ccco1. The normalized spacial score (nSPS) is 16.9. The molecule has 2 heterocycles. The van der Waals surface area contributed by atoms with Crippen LogP contribution in [0.1, 0.15) is 27.8 Å². The molecule has 0 aliphatic carbocycles. The maximum Gasteiger partial charge on any atom is 0.411 e. The molecule has 3 aromatic carbocycles. The van der Waals surface area contributed by atoms with Crippen molar-refractivity contribution in [3.05, 3.63) is 120 Å². The van der Waals surface area contributed by atoms with Gasteiger partial charge >= 0.3 is 6.09 Å². The van der Waals surface area contributed by atoms with Crippen LogP contribution in [-0.4, -0.2) is 28.8 Å². The van der Waals surface area contributed by atoms with Crippen molar-refractivity contribution in [1.82, 2.24) is 4.90 Å². The van der Waals surface area contributed by atoms with Gasteiger partial charge in [0.15, 0.2) is 17.9 Å². The van der Waals surface area contributed by atoms with Crippen molar-refractivity contribution >= 4 is 29.3 Å². The number of hydrogen-bond acceptors (Lipinski definition) is 5. The number of nitrogens with one attached hydrogen (secondary N) is 2. The molecule has 0 bridgehead atoms. The van der Waals surface area contributed by atoms with Gasteiger partial charge in [-0.25, -0.2) is 4.79 Å². The monoisotopic (exact) mass is 481 g/mol. The molecule has 4 aromatic rings. The predicted molar refractivity (Wildman–Crippen MR) is 133 cm³/mol. The zero-order valence-electron chi connectivity index (χ0n) is 19.2. The maximum absolute atomic E-state index is 13.5. The molecule has 2 N–H and O–H groups in total. The first-order valence-electron chi connectivity index (χ1n) is 11.4. The Labute approximate surface area is 207 Å². The highest BCUT2D eigenvalue weighted by atomic mass is 16.6. The van der Waals surface area contributed by atoms with Gasteiger partial charge in [-0.3, -0.25) is 14.5 Å². The molecule has 1 fully saturated rings. The number of amides is 3. The number of cyclic esters (lactones) is 1. The van der Waals surface area contributed by atoms with Crippen molar-refractivity contribution in [2.75, 3.05) is 10.6 Å². The van der Waals surface area contributed by atoms with Crippen molar-refractivity contribution in [3.8, 4) is 0 Å². The quantitative estimate of drug-likeness (QED) is 0.376. The van der Waals surface area contributed by atoms with E-state index in [2.05, 4.69) is 10.6 Å². The lowest BCUT2D eigenvalue weighted by Crippen LogP contribution is -2.43. The van der Waals surface area contributed by atoms with Gasteiger partial charge in [0.1, 0.15) is 0 Å². The number of para-hydroxylation sites is 1. The molecule has 1 aromatic heterocycles. The topological polar surface area (TPSA) is 101 Å². The second kappa shape index (κ2) is 10.2. The fourth-order valence-electron chi connectivity index (χ4n) is 4.12. The van der Waals surface area contributed by atoms with Gasteiger partial charge < -0.3 is 19.8 Å². The molecule has 0 saturated carbocycles. The van der Waals surface area contributed by atoms with E-state index in [1.165, 1.54) is 11.2 Å². The summed E-state index contributed by atoms with van der Waals surface area (Å²) >= 11 is 0. The van der Waals surface area contributed by atoms with Crippen molar-refractivity contribution in [1.29, 1.82) is 0 Å². The molecule has 180 valence electrons. The van der Waals surface area contributed by atoms with Gasteiger partial charge in [0.05, 0.1) is 12.8 Å². The number of nitrogens with zero attached hydrogens (tertiary/aromatic N) is 1. The summed E-state index contributed by atoms with van der Waals surface area (Å²) in [5.41, 5.74) is 2.53. The number of benzene rings is 3. The lowest BCUT2D eigenvalue weighted by atomic mass is 10.00. The number of furan rings is 1. The largest absolute Gasteiger partial charge is 0.459 e. The van der Waals surface area contributed by atoms with Gasteiger partial charge in [0.25, 0.3) is 11.8 Å². The standard InChI is InChI=1S/C28H23N3O5/c32-26(23-15-8-16-35-23)30-22-14-7-11-20(17-22)25-24(27(33)29-21-12-5-2-6-13-21)31(28(34)36-25)18-19-9-3-1-4-10-19/h1-17,24-25H,18H2,(H,29,33)(H,30,32). The Hall–Kier alpha value is -4.85. The van der Waals surface area contributed by atoms with E-state index in [0.29, 0.717) is 16.9 Å². The highest BCUT2D eigenvalue weighted by Crippen LogP contribution is 2.35. The van der Waals surface area contributed by atoms with Gasteiger partial charge in [-0.05, 0) is 47.5 Å². The molecule has 1 aliphatic heterocycles. The lowest BCUT2D eigenvalue weighted by molar-refractivity contribution is -0.121. The molecule has 1 saturated heterocycles. The average molecular weight is 482 g/mol. The minimum absolute atomic E-state index is 0.168. The minimum Gasteiger partial charge on any atom is -0.459 e. The van der Waals surface area contributed by atoms with Gasteiger partial charge in [-0.1, -0.05) is 60.7 Å². The van der Waals surface area contributed by atoms with Crippen LogP contribution in [0.25, 0.3) is 0 Å². The fourth-order valence-corrected chi connectivity index (χ4v) is 4.12. The van der Waals surface area contributed by atoms with Crippen LogP contribution in [0.5, 0.6) is 0 Å². The second-order valence-corrected chi connectivity index (χ2v) is 8.27. The van der Waals surface area contributed by atoms with Gasteiger partial charge in [-0.15, -0.1) is 0 Å². The lowest BCUT2D eigenvalue weighted by Gasteiger charge is -2.24. The molecular formula is C28H23N3O5. The zero-order chi connectivity index (χ0) is 24.9. The summed E-state index contributed by atoms with van der Waals surface area (Å²) in [6.07, 6.45) is -0.0619. The van der Waals surface area contributed by atoms with Crippen LogP contribution in [0.15, 0.2) is 108 Å². The first-order valence-corrected chi connectivity index (χ1v) is 11.4. The van der Waals surface area contributed by atoms with E-state index in [1.807, 2.05) is 48.5 Å². The fraction of sp³-hybridized carbons (Fsp3) is 0.107. The van der Waals surface area contributed by atoms with Crippen LogP contribution in [-0.2, 0) is 16.1 Å². The highest BCUT2D eigenvalue weighted by molar-refractivity contribution is 6.02. The van der Waals surface area contributed by atoms with E-state index in [0.717, 1.165) is 5.56 Å². The Bertz CT molecular complexity index is 1360. The Balaban J connectivity index is 1.44. The smallest absolute Gasteiger partial charge is 0.411 e. The third-order valence-electron chi connectivity index (χ3n) is 5.81. The Morgan fingerprint density at radius 1 is 0.806 bits per heavy atom. The summed E-state index contributed by atoms with van der Waals surface area (Å²) in [6, 6.07) is 27.6. The number of rotatable bonds is 7. The molecule has 36 heavy (non-hydrogen) atoms. The highest BCUT2D eigenvalue weighted by Gasteiger charge is 2.47. The van der Waals surface area contributed by atoms with E-state index in [-0.39, 0.29) is 18.2 Å². The summed E-state index contributed by atoms with van der Waals surface area (Å²) in [5, 5.41) is 5.66. The summed E-state index contributed by atoms with van der Waals surface area (Å²) in [5.74, 6) is -0.621. The van der Waals surface area contributed by atoms with Crippen LogP contribution < -0.4 is 10.6 Å². The Morgan fingerprint density at radius 2 is 1.53 bits per heavy atom. The Morgan fingerprint density at radius 3 is 2.25 bits per heavy atom. The molecule has 1 aliphatic rings. The molecule has 8 nitrogen and oxygen atoms in total. The van der Waals surface area contributed by atoms with Crippen molar-refractivity contribution in [2.45, 2.75) is 18.7 Å². The zero-order valence-corrected chi connectivity index (χ0v) is 19.2. The third kappa shape index (κ3) is 4.97. The predicted octanol–water partition coefficient (Wildman–Crippen LogP) is 5.23. The van der Waals surface area contributed by atoms with Crippen molar-refractivity contribution in [2.24, 2.45) is 0 Å². The molecular weight excluding hydrogens is 458 g/mol. The van der Waals surface area contributed by atoms with Gasteiger partial charge in [-0.2, -0.15) is 0 Å². The Kier molecular flexibility index (Phi) is 6.48. The molecule has 2 unspecified atom stereocenters. The molecule has 5 rings (SSSR count). The number of hydrogen-bond donors (Lipinski definition) is 2. The molecule has 3 amide bonds. The third-order valence-corrected chi connectivity index (χ3v) is 5.81. The van der Waals surface area contributed by atoms with Crippen LogP contribution in [0.4, 0.5) is 16.2 Å². The number of carbonyl (C=O) groups is 3. The van der Waals surface area contributed by atoms with E-state index in [9.17, 15) is 14.4 Å². The van der Waals surface area contributed by atoms with Crippen molar-refractivity contribution in [3.63, 3.8) is 0 Å². The average Bonchev–Trinajstić information content (AvgIpc) is 3.54. The van der Waals surface area contributed by atoms with E-state index < -0.39 is 24.1 Å². The summed E-state index contributed by atoms with van der Waals surface area (Å²) < 4.78 is 10.9. The number of carbonyl (C=O) groups excluding carboxylic acids is 3. The van der Waals surface area contributed by atoms with Gasteiger partial charge in [0, 0.05) is 11.4 Å². The first-order chi connectivity index (χ1) is 17.6. The van der Waals surface area contributed by atoms with Crippen molar-refractivity contribution < 1.29 is 23.5 Å². The number of ether oxygens (including phenoxy) is 1. The summed E-state index contributed by atoms with van der Waals surface area (Å²) in [6.45, 7) is 0.206. The second-order valence-electron chi connectivity index (χ2n) is 8.27. The molecule has 2 atom stereocenters. The first kappa shape index (κ1) is 22.9. The number of anilines is 2.